The Kier molecular flexibility index (Phi) is 4.43. The van der Waals surface area contributed by atoms with Crippen molar-refractivity contribution in [2.24, 2.45) is 0 Å². The van der Waals surface area contributed by atoms with Crippen molar-refractivity contribution in [2.45, 2.75) is 25.3 Å². The molecule has 2 nitrogen and oxygen atoms in total. The molecule has 35 heavy (non-hydrogen) atoms. The van der Waals surface area contributed by atoms with Crippen molar-refractivity contribution in [3.63, 3.8) is 0 Å². The first-order valence-corrected chi connectivity index (χ1v) is 14.6. The Hall–Kier alpha value is -3.26. The molecular formula is C31H25NOPS+. The summed E-state index contributed by atoms with van der Waals surface area (Å²) in [6, 6.07) is 33.4. The van der Waals surface area contributed by atoms with Crippen LogP contribution in [0.15, 0.2) is 104 Å². The van der Waals surface area contributed by atoms with Gasteiger partial charge in [-0.3, -0.25) is 0 Å². The van der Waals surface area contributed by atoms with E-state index in [4.69, 9.17) is 6.58 Å². The number of fused-ring (bicyclic) bond motifs is 3. The van der Waals surface area contributed by atoms with Crippen molar-refractivity contribution in [1.29, 1.82) is 0 Å². The third-order valence-corrected chi connectivity index (χ3v) is 12.7. The summed E-state index contributed by atoms with van der Waals surface area (Å²) < 4.78 is 18.5. The number of allylic oxidation sites excluding steroid dienone is 1. The molecule has 0 radical (unpaired) electrons. The van der Waals surface area contributed by atoms with Crippen molar-refractivity contribution >= 4 is 50.2 Å². The fourth-order valence-corrected chi connectivity index (χ4v) is 10.8. The van der Waals surface area contributed by atoms with Crippen LogP contribution in [0.2, 0.25) is 0 Å². The maximum Gasteiger partial charge on any atom is 0.224 e. The molecule has 0 aliphatic carbocycles. The molecule has 4 heteroatoms. The molecule has 4 bridgehead atoms. The van der Waals surface area contributed by atoms with Crippen LogP contribution in [0.1, 0.15) is 24.5 Å². The second-order valence-electron chi connectivity index (χ2n) is 9.60. The highest BCUT2D eigenvalue weighted by Gasteiger charge is 2.52. The van der Waals surface area contributed by atoms with Crippen molar-refractivity contribution in [1.82, 2.24) is 0 Å². The average Bonchev–Trinajstić information content (AvgIpc) is 3.26. The predicted molar refractivity (Wildman–Crippen MR) is 148 cm³/mol. The van der Waals surface area contributed by atoms with E-state index in [-0.39, 0.29) is 5.54 Å². The van der Waals surface area contributed by atoms with E-state index < -0.39 is 7.14 Å². The van der Waals surface area contributed by atoms with Crippen LogP contribution in [0.4, 0.5) is 0 Å². The minimum Gasteiger partial charge on any atom is -0.308 e. The molecular weight excluding hydrogens is 465 g/mol. The molecule has 0 fully saturated rings. The molecule has 0 saturated carbocycles. The van der Waals surface area contributed by atoms with Gasteiger partial charge in [0.05, 0.1) is 4.62 Å². The number of hydrogen-bond donors (Lipinski definition) is 0. The lowest BCUT2D eigenvalue weighted by Crippen LogP contribution is -2.60. The van der Waals surface area contributed by atoms with E-state index in [2.05, 4.69) is 47.9 Å². The van der Waals surface area contributed by atoms with Crippen molar-refractivity contribution < 1.29 is 9.13 Å². The molecule has 1 atom stereocenters. The Bertz CT molecular complexity index is 1660. The van der Waals surface area contributed by atoms with Crippen LogP contribution in [0.25, 0.3) is 27.0 Å². The van der Waals surface area contributed by atoms with Gasteiger partial charge in [0.25, 0.3) is 0 Å². The summed E-state index contributed by atoms with van der Waals surface area (Å²) in [7, 11) is -3.04. The van der Waals surface area contributed by atoms with Gasteiger partial charge in [-0.25, -0.2) is 0 Å². The highest BCUT2D eigenvalue weighted by atomic mass is 32.1. The zero-order valence-corrected chi connectivity index (χ0v) is 21.3. The van der Waals surface area contributed by atoms with Gasteiger partial charge in [0.1, 0.15) is 4.88 Å². The Labute approximate surface area is 209 Å². The van der Waals surface area contributed by atoms with E-state index in [1.807, 2.05) is 60.7 Å². The average molecular weight is 491 g/mol. The summed E-state index contributed by atoms with van der Waals surface area (Å²) >= 11 is 1.67. The van der Waals surface area contributed by atoms with Gasteiger partial charge in [0.2, 0.25) is 11.2 Å². The molecule has 0 saturated heterocycles. The molecule has 0 amide bonds. The monoisotopic (exact) mass is 490 g/mol. The molecule has 5 aromatic rings. The second-order valence-corrected chi connectivity index (χ2v) is 13.7. The van der Waals surface area contributed by atoms with Gasteiger partial charge >= 0.3 is 0 Å². The van der Waals surface area contributed by atoms with Crippen LogP contribution in [-0.2, 0) is 16.5 Å². The smallest absolute Gasteiger partial charge is 0.224 e. The van der Waals surface area contributed by atoms with E-state index in [0.717, 1.165) is 39.2 Å². The summed E-state index contributed by atoms with van der Waals surface area (Å²) in [4.78, 5) is 1.17. The van der Waals surface area contributed by atoms with Gasteiger partial charge in [-0.2, -0.15) is 4.57 Å². The summed E-state index contributed by atoms with van der Waals surface area (Å²) in [5.74, 6) is 0. The molecule has 2 aromatic heterocycles. The van der Waals surface area contributed by atoms with Crippen LogP contribution in [0.5, 0.6) is 0 Å². The molecule has 8 rings (SSSR count). The standard InChI is InChI=1S/C31H25NOPS/c1-3-31-20-22-14-16-27-23(18-22)15-17-28(32(27)31)30-26(21(31)2)19-29(35-30)34(33,24-10-6-4-7-11-24)25-12-8-5-9-13-25/h4-19H,2-3,20H2,1H3/q+1. The first-order valence-electron chi connectivity index (χ1n) is 12.1. The summed E-state index contributed by atoms with van der Waals surface area (Å²) in [6.45, 7) is 6.97. The Morgan fingerprint density at radius 1 is 0.914 bits per heavy atom. The van der Waals surface area contributed by atoms with Gasteiger partial charge in [0, 0.05) is 52.1 Å². The largest absolute Gasteiger partial charge is 0.308 e. The Morgan fingerprint density at radius 3 is 2.26 bits per heavy atom. The van der Waals surface area contributed by atoms with Crippen molar-refractivity contribution in [3.05, 3.63) is 115 Å². The van der Waals surface area contributed by atoms with Gasteiger partial charge in [-0.05, 0) is 23.8 Å². The summed E-state index contributed by atoms with van der Waals surface area (Å²) in [5, 5.41) is 3.02. The lowest BCUT2D eigenvalue weighted by Gasteiger charge is -2.33. The maximum absolute atomic E-state index is 15.1. The highest BCUT2D eigenvalue weighted by Crippen LogP contribution is 2.52. The number of rotatable bonds is 4. The normalized spacial score (nSPS) is 18.1. The van der Waals surface area contributed by atoms with E-state index in [1.54, 1.807) is 11.3 Å². The summed E-state index contributed by atoms with van der Waals surface area (Å²) in [6.07, 6.45) is 1.88. The number of benzene rings is 3. The highest BCUT2D eigenvalue weighted by molar-refractivity contribution is 7.89. The minimum absolute atomic E-state index is 0.207. The first-order chi connectivity index (χ1) is 17.1. The van der Waals surface area contributed by atoms with Crippen LogP contribution in [0, 0.1) is 0 Å². The number of hydrogen-bond acceptors (Lipinski definition) is 2. The van der Waals surface area contributed by atoms with Crippen LogP contribution in [0.3, 0.4) is 0 Å². The van der Waals surface area contributed by atoms with E-state index >= 15 is 4.57 Å². The van der Waals surface area contributed by atoms with E-state index in [1.165, 1.54) is 27.0 Å². The van der Waals surface area contributed by atoms with Crippen LogP contribution >= 0.6 is 18.5 Å². The Balaban J connectivity index is 1.54. The minimum atomic E-state index is -3.04. The van der Waals surface area contributed by atoms with E-state index in [0.29, 0.717) is 0 Å². The molecule has 0 spiro atoms. The molecule has 3 aliphatic heterocycles. The lowest BCUT2D eigenvalue weighted by atomic mass is 9.76. The number of thiophene rings is 1. The van der Waals surface area contributed by atoms with Crippen LogP contribution < -0.4 is 19.8 Å². The van der Waals surface area contributed by atoms with E-state index in [9.17, 15) is 0 Å². The van der Waals surface area contributed by atoms with Crippen molar-refractivity contribution in [2.75, 3.05) is 0 Å². The molecule has 5 heterocycles. The van der Waals surface area contributed by atoms with Gasteiger partial charge < -0.3 is 4.57 Å². The molecule has 0 N–H and O–H groups in total. The first kappa shape index (κ1) is 21.1. The fourth-order valence-electron chi connectivity index (χ4n) is 6.10. The third-order valence-electron chi connectivity index (χ3n) is 7.89. The number of aromatic nitrogens is 1. The van der Waals surface area contributed by atoms with Crippen molar-refractivity contribution in [3.8, 4) is 10.6 Å². The van der Waals surface area contributed by atoms with Gasteiger partial charge in [-0.15, -0.1) is 11.3 Å². The Morgan fingerprint density at radius 2 is 1.60 bits per heavy atom. The fraction of sp³-hybridized carbons (Fsp3) is 0.129. The third kappa shape index (κ3) is 2.71. The maximum atomic E-state index is 15.1. The van der Waals surface area contributed by atoms with Crippen LogP contribution in [-0.4, -0.2) is 0 Å². The molecule has 170 valence electrons. The molecule has 1 unspecified atom stereocenters. The zero-order chi connectivity index (χ0) is 23.8. The predicted octanol–water partition coefficient (Wildman–Crippen LogP) is 6.18. The summed E-state index contributed by atoms with van der Waals surface area (Å²) in [5.41, 5.74) is 5.89. The SMILES string of the molecule is C=C1c2cc(P(=O)(c3ccccc3)c3ccccc3)sc2-c2ccc3cc4ccc3[n+]2C1(CC)C4. The number of nitrogens with zero attached hydrogens (tertiary/aromatic N) is 1. The zero-order valence-electron chi connectivity index (χ0n) is 19.6. The molecule has 3 aliphatic rings. The lowest BCUT2D eigenvalue weighted by molar-refractivity contribution is -0.716. The molecule has 3 aromatic carbocycles. The number of pyridine rings is 1. The van der Waals surface area contributed by atoms with Gasteiger partial charge in [-0.1, -0.05) is 80.2 Å². The topological polar surface area (TPSA) is 20.9 Å². The second kappa shape index (κ2) is 7.37. The van der Waals surface area contributed by atoms with Gasteiger partial charge in [0.15, 0.2) is 12.7 Å². The quantitative estimate of drug-likeness (QED) is 0.218.